The summed E-state index contributed by atoms with van der Waals surface area (Å²) in [4.78, 5) is 13.5. The minimum Gasteiger partial charge on any atom is -0.489 e. The first kappa shape index (κ1) is 11.6. The zero-order valence-electron chi connectivity index (χ0n) is 8.69. The molecule has 1 amide bonds. The van der Waals surface area contributed by atoms with Crippen LogP contribution in [0.4, 0.5) is 13.6 Å². The lowest BCUT2D eigenvalue weighted by atomic mass is 9.89. The van der Waals surface area contributed by atoms with E-state index >= 15 is 0 Å². The average molecular weight is 244 g/mol. The number of aromatic nitrogens is 1. The van der Waals surface area contributed by atoms with Crippen molar-refractivity contribution in [3.8, 4) is 5.75 Å². The molecule has 7 heteroatoms. The molecule has 1 heterocycles. The van der Waals surface area contributed by atoms with Gasteiger partial charge in [-0.2, -0.15) is 4.39 Å². The molecular formula is C10H10F2N2O3. The van der Waals surface area contributed by atoms with Gasteiger partial charge in [-0.15, -0.1) is 0 Å². The van der Waals surface area contributed by atoms with E-state index in [9.17, 15) is 13.6 Å². The van der Waals surface area contributed by atoms with Crippen LogP contribution in [0, 0.1) is 11.8 Å². The van der Waals surface area contributed by atoms with Gasteiger partial charge in [-0.05, 0) is 0 Å². The number of amides is 1. The third-order valence-electron chi connectivity index (χ3n) is 2.50. The Morgan fingerprint density at radius 3 is 2.82 bits per heavy atom. The highest BCUT2D eigenvalue weighted by Gasteiger charge is 2.32. The molecule has 2 rings (SSSR count). The van der Waals surface area contributed by atoms with Crippen LogP contribution in [0.2, 0.25) is 0 Å². The van der Waals surface area contributed by atoms with Crippen LogP contribution in [0.15, 0.2) is 12.3 Å². The van der Waals surface area contributed by atoms with Gasteiger partial charge in [0.25, 0.3) is 0 Å². The van der Waals surface area contributed by atoms with E-state index in [1.54, 1.807) is 0 Å². The summed E-state index contributed by atoms with van der Waals surface area (Å²) in [5.41, 5.74) is 0. The summed E-state index contributed by atoms with van der Waals surface area (Å²) in [6.07, 6.45) is 0.828. The molecule has 1 aliphatic rings. The van der Waals surface area contributed by atoms with Crippen molar-refractivity contribution in [3.05, 3.63) is 24.0 Å². The zero-order chi connectivity index (χ0) is 12.4. The predicted octanol–water partition coefficient (Wildman–Crippen LogP) is 1.54. The number of nitrogens with zero attached hydrogens (tertiary/aromatic N) is 1. The quantitative estimate of drug-likeness (QED) is 0.791. The van der Waals surface area contributed by atoms with Crippen molar-refractivity contribution in [2.24, 2.45) is 0 Å². The van der Waals surface area contributed by atoms with Crippen LogP contribution in [0.5, 0.6) is 5.75 Å². The number of hydrogen-bond acceptors (Lipinski definition) is 3. The molecule has 1 saturated carbocycles. The van der Waals surface area contributed by atoms with Crippen LogP contribution in [0.25, 0.3) is 0 Å². The molecule has 0 aliphatic heterocycles. The predicted molar refractivity (Wildman–Crippen MR) is 52.8 cm³/mol. The van der Waals surface area contributed by atoms with Crippen LogP contribution in [0.3, 0.4) is 0 Å². The topological polar surface area (TPSA) is 71.5 Å². The summed E-state index contributed by atoms with van der Waals surface area (Å²) < 4.78 is 30.6. The summed E-state index contributed by atoms with van der Waals surface area (Å²) in [7, 11) is 0. The Bertz CT molecular complexity index is 436. The summed E-state index contributed by atoms with van der Waals surface area (Å²) in [5, 5.41) is 10.7. The first-order valence-electron chi connectivity index (χ1n) is 5.02. The van der Waals surface area contributed by atoms with E-state index in [1.165, 1.54) is 0 Å². The molecule has 0 spiro atoms. The molecule has 1 aromatic heterocycles. The van der Waals surface area contributed by atoms with E-state index in [0.717, 1.165) is 12.3 Å². The summed E-state index contributed by atoms with van der Waals surface area (Å²) >= 11 is 0. The monoisotopic (exact) mass is 244 g/mol. The van der Waals surface area contributed by atoms with Gasteiger partial charge in [0.05, 0.1) is 6.20 Å². The Kier molecular flexibility index (Phi) is 3.08. The van der Waals surface area contributed by atoms with Crippen molar-refractivity contribution >= 4 is 6.09 Å². The number of rotatable bonds is 3. The van der Waals surface area contributed by atoms with E-state index in [4.69, 9.17) is 9.84 Å². The molecule has 0 radical (unpaired) electrons. The first-order chi connectivity index (χ1) is 8.04. The molecule has 0 unspecified atom stereocenters. The lowest BCUT2D eigenvalue weighted by Crippen LogP contribution is -2.48. The Morgan fingerprint density at radius 1 is 1.53 bits per heavy atom. The van der Waals surface area contributed by atoms with Gasteiger partial charge in [0.2, 0.25) is 5.95 Å². The normalized spacial score (nSPS) is 22.7. The minimum absolute atomic E-state index is 0.141. The van der Waals surface area contributed by atoms with Crippen LogP contribution >= 0.6 is 0 Å². The van der Waals surface area contributed by atoms with E-state index in [0.29, 0.717) is 12.8 Å². The van der Waals surface area contributed by atoms with Crippen LogP contribution < -0.4 is 10.1 Å². The molecule has 92 valence electrons. The summed E-state index contributed by atoms with van der Waals surface area (Å²) in [6, 6.07) is 0.774. The highest BCUT2D eigenvalue weighted by atomic mass is 19.2. The average Bonchev–Trinajstić information content (AvgIpc) is 2.19. The second kappa shape index (κ2) is 4.52. The Labute approximate surface area is 95.4 Å². The molecule has 0 atom stereocenters. The highest BCUT2D eigenvalue weighted by molar-refractivity contribution is 5.65. The summed E-state index contributed by atoms with van der Waals surface area (Å²) in [5.74, 6) is -2.10. The molecule has 1 aromatic rings. The molecule has 0 bridgehead atoms. The SMILES string of the molecule is O=C(O)N[C@H]1C[C@H](Oc2cnc(F)c(F)c2)C1. The van der Waals surface area contributed by atoms with Crippen molar-refractivity contribution in [2.45, 2.75) is 25.0 Å². The first-order valence-corrected chi connectivity index (χ1v) is 5.02. The second-order valence-corrected chi connectivity index (χ2v) is 3.80. The van der Waals surface area contributed by atoms with Gasteiger partial charge in [-0.25, -0.2) is 14.2 Å². The minimum atomic E-state index is -1.17. The van der Waals surface area contributed by atoms with E-state index < -0.39 is 17.9 Å². The number of pyridine rings is 1. The maximum atomic E-state index is 12.8. The Balaban J connectivity index is 1.83. The Hall–Kier alpha value is -1.92. The van der Waals surface area contributed by atoms with Crippen LogP contribution in [0.1, 0.15) is 12.8 Å². The van der Waals surface area contributed by atoms with Crippen molar-refractivity contribution in [3.63, 3.8) is 0 Å². The molecular weight excluding hydrogens is 234 g/mol. The van der Waals surface area contributed by atoms with Crippen molar-refractivity contribution in [2.75, 3.05) is 0 Å². The fourth-order valence-corrected chi connectivity index (χ4v) is 1.61. The standard InChI is InChI=1S/C10H10F2N2O3/c11-8-3-7(4-13-9(8)12)17-6-1-5(2-6)14-10(15)16/h3-6,14H,1-2H2,(H,15,16)/t5-,6-. The number of nitrogens with one attached hydrogen (secondary N) is 1. The van der Waals surface area contributed by atoms with E-state index in [1.807, 2.05) is 0 Å². The molecule has 0 aromatic carbocycles. The molecule has 1 aliphatic carbocycles. The molecule has 17 heavy (non-hydrogen) atoms. The fourth-order valence-electron chi connectivity index (χ4n) is 1.61. The van der Waals surface area contributed by atoms with E-state index in [-0.39, 0.29) is 17.9 Å². The smallest absolute Gasteiger partial charge is 0.404 e. The van der Waals surface area contributed by atoms with Crippen molar-refractivity contribution < 1.29 is 23.4 Å². The third kappa shape index (κ3) is 2.80. The second-order valence-electron chi connectivity index (χ2n) is 3.80. The molecule has 2 N–H and O–H groups in total. The van der Waals surface area contributed by atoms with Crippen molar-refractivity contribution in [1.29, 1.82) is 0 Å². The number of ether oxygens (including phenoxy) is 1. The zero-order valence-corrected chi connectivity index (χ0v) is 8.69. The van der Waals surface area contributed by atoms with Crippen LogP contribution in [-0.2, 0) is 0 Å². The largest absolute Gasteiger partial charge is 0.489 e. The van der Waals surface area contributed by atoms with Gasteiger partial charge in [0, 0.05) is 24.9 Å². The van der Waals surface area contributed by atoms with Gasteiger partial charge in [0.1, 0.15) is 11.9 Å². The van der Waals surface area contributed by atoms with E-state index in [2.05, 4.69) is 10.3 Å². The number of hydrogen-bond donors (Lipinski definition) is 2. The Morgan fingerprint density at radius 2 is 2.24 bits per heavy atom. The number of halogens is 2. The lowest BCUT2D eigenvalue weighted by molar-refractivity contribution is 0.0825. The lowest BCUT2D eigenvalue weighted by Gasteiger charge is -2.34. The van der Waals surface area contributed by atoms with Gasteiger partial charge < -0.3 is 15.2 Å². The van der Waals surface area contributed by atoms with Gasteiger partial charge in [-0.1, -0.05) is 0 Å². The van der Waals surface area contributed by atoms with Gasteiger partial charge in [-0.3, -0.25) is 0 Å². The highest BCUT2D eigenvalue weighted by Crippen LogP contribution is 2.26. The fraction of sp³-hybridized carbons (Fsp3) is 0.400. The molecule has 0 saturated heterocycles. The summed E-state index contributed by atoms with van der Waals surface area (Å²) in [6.45, 7) is 0. The van der Waals surface area contributed by atoms with Gasteiger partial charge in [0.15, 0.2) is 5.82 Å². The molecule has 5 nitrogen and oxygen atoms in total. The van der Waals surface area contributed by atoms with Gasteiger partial charge >= 0.3 is 6.09 Å². The third-order valence-corrected chi connectivity index (χ3v) is 2.50. The van der Waals surface area contributed by atoms with Crippen molar-refractivity contribution in [1.82, 2.24) is 10.3 Å². The number of carboxylic acid groups (broad SMARTS) is 1. The van der Waals surface area contributed by atoms with Crippen LogP contribution in [-0.4, -0.2) is 28.3 Å². The maximum Gasteiger partial charge on any atom is 0.404 e. The maximum absolute atomic E-state index is 12.8. The number of carbonyl (C=O) groups is 1. The molecule has 1 fully saturated rings.